The summed E-state index contributed by atoms with van der Waals surface area (Å²) in [7, 11) is 0. The number of rotatable bonds is 2. The topological polar surface area (TPSA) is 87.3 Å². The van der Waals surface area contributed by atoms with Gasteiger partial charge in [0.25, 0.3) is 0 Å². The summed E-state index contributed by atoms with van der Waals surface area (Å²) in [5.74, 6) is 1.13. The summed E-state index contributed by atoms with van der Waals surface area (Å²) < 4.78 is 5.59. The zero-order chi connectivity index (χ0) is 11.5. The molecule has 0 saturated heterocycles. The molecular formula is C12H13N3O. The van der Waals surface area contributed by atoms with Gasteiger partial charge in [0.15, 0.2) is 5.75 Å². The number of hydrogen-bond acceptors (Lipinski definition) is 4. The maximum absolute atomic E-state index is 5.77. The molecular weight excluding hydrogens is 202 g/mol. The van der Waals surface area contributed by atoms with Crippen LogP contribution in [0.3, 0.4) is 0 Å². The van der Waals surface area contributed by atoms with Crippen LogP contribution in [-0.4, -0.2) is 0 Å². The summed E-state index contributed by atoms with van der Waals surface area (Å²) in [4.78, 5) is 0. The Kier molecular flexibility index (Phi) is 2.55. The van der Waals surface area contributed by atoms with Crippen molar-refractivity contribution < 1.29 is 4.74 Å². The van der Waals surface area contributed by atoms with Gasteiger partial charge in [-0.15, -0.1) is 0 Å². The maximum atomic E-state index is 5.77. The van der Waals surface area contributed by atoms with E-state index in [0.29, 0.717) is 28.6 Å². The van der Waals surface area contributed by atoms with Crippen LogP contribution >= 0.6 is 0 Å². The van der Waals surface area contributed by atoms with Crippen molar-refractivity contribution in [2.24, 2.45) is 0 Å². The van der Waals surface area contributed by atoms with E-state index < -0.39 is 0 Å². The Morgan fingerprint density at radius 2 is 1.44 bits per heavy atom. The Hall–Kier alpha value is -2.36. The van der Waals surface area contributed by atoms with E-state index >= 15 is 0 Å². The predicted molar refractivity (Wildman–Crippen MR) is 66.2 cm³/mol. The Morgan fingerprint density at radius 1 is 0.750 bits per heavy atom. The van der Waals surface area contributed by atoms with Gasteiger partial charge in [-0.3, -0.25) is 0 Å². The highest BCUT2D eigenvalue weighted by Crippen LogP contribution is 2.31. The second-order valence-corrected chi connectivity index (χ2v) is 3.44. The molecule has 0 heterocycles. The van der Waals surface area contributed by atoms with Crippen molar-refractivity contribution in [1.29, 1.82) is 0 Å². The highest BCUT2D eigenvalue weighted by molar-refractivity contribution is 5.63. The number of benzene rings is 2. The maximum Gasteiger partial charge on any atom is 0.150 e. The molecule has 0 bridgehead atoms. The standard InChI is InChI=1S/C12H13N3O/c13-8-5-6-12(10(15)7-8)16-11-4-2-1-3-9(11)14/h1-7H,13-15H2. The molecule has 0 aromatic heterocycles. The lowest BCUT2D eigenvalue weighted by Gasteiger charge is -2.10. The van der Waals surface area contributed by atoms with Crippen molar-refractivity contribution >= 4 is 17.1 Å². The Morgan fingerprint density at radius 3 is 2.12 bits per heavy atom. The third kappa shape index (κ3) is 2.00. The van der Waals surface area contributed by atoms with Gasteiger partial charge in [-0.25, -0.2) is 0 Å². The number of nitrogen functional groups attached to an aromatic ring is 3. The molecule has 0 spiro atoms. The fraction of sp³-hybridized carbons (Fsp3) is 0. The van der Waals surface area contributed by atoms with Crippen LogP contribution in [-0.2, 0) is 0 Å². The van der Waals surface area contributed by atoms with E-state index in [1.165, 1.54) is 0 Å². The van der Waals surface area contributed by atoms with Crippen molar-refractivity contribution in [3.8, 4) is 11.5 Å². The van der Waals surface area contributed by atoms with Crippen LogP contribution in [0.2, 0.25) is 0 Å². The zero-order valence-electron chi connectivity index (χ0n) is 8.68. The quantitative estimate of drug-likeness (QED) is 0.670. The molecule has 4 heteroatoms. The first-order valence-corrected chi connectivity index (χ1v) is 4.84. The van der Waals surface area contributed by atoms with Crippen molar-refractivity contribution in [1.82, 2.24) is 0 Å². The minimum absolute atomic E-state index is 0.489. The molecule has 6 N–H and O–H groups in total. The molecule has 2 aromatic carbocycles. The molecule has 16 heavy (non-hydrogen) atoms. The molecule has 0 aliphatic carbocycles. The molecule has 0 amide bonds. The molecule has 0 radical (unpaired) electrons. The SMILES string of the molecule is Nc1ccc(Oc2ccccc2N)c(N)c1. The average Bonchev–Trinajstić information content (AvgIpc) is 2.25. The van der Waals surface area contributed by atoms with Crippen molar-refractivity contribution in [2.75, 3.05) is 17.2 Å². The van der Waals surface area contributed by atoms with Crippen molar-refractivity contribution in [2.45, 2.75) is 0 Å². The Balaban J connectivity index is 2.31. The van der Waals surface area contributed by atoms with Gasteiger partial charge in [0, 0.05) is 5.69 Å². The second kappa shape index (κ2) is 4.02. The summed E-state index contributed by atoms with van der Waals surface area (Å²) in [6, 6.07) is 12.3. The van der Waals surface area contributed by atoms with E-state index in [1.807, 2.05) is 12.1 Å². The molecule has 0 aliphatic rings. The number of ether oxygens (including phenoxy) is 1. The van der Waals surface area contributed by atoms with Crippen LogP contribution in [0.1, 0.15) is 0 Å². The van der Waals surface area contributed by atoms with Gasteiger partial charge in [0.05, 0.1) is 11.4 Å². The van der Waals surface area contributed by atoms with Crippen LogP contribution in [0.25, 0.3) is 0 Å². The summed E-state index contributed by atoms with van der Waals surface area (Å²) in [5.41, 5.74) is 18.8. The Bertz CT molecular complexity index is 511. The number of para-hydroxylation sites is 2. The molecule has 2 aromatic rings. The van der Waals surface area contributed by atoms with Crippen LogP contribution in [0, 0.1) is 0 Å². The van der Waals surface area contributed by atoms with E-state index in [1.54, 1.807) is 30.3 Å². The van der Waals surface area contributed by atoms with E-state index in [-0.39, 0.29) is 0 Å². The van der Waals surface area contributed by atoms with Gasteiger partial charge < -0.3 is 21.9 Å². The molecule has 2 rings (SSSR count). The van der Waals surface area contributed by atoms with E-state index in [4.69, 9.17) is 21.9 Å². The monoisotopic (exact) mass is 215 g/mol. The highest BCUT2D eigenvalue weighted by atomic mass is 16.5. The zero-order valence-corrected chi connectivity index (χ0v) is 8.68. The summed E-state index contributed by atoms with van der Waals surface area (Å²) in [5, 5.41) is 0. The molecule has 0 saturated carbocycles. The minimum Gasteiger partial charge on any atom is -0.453 e. The highest BCUT2D eigenvalue weighted by Gasteiger charge is 2.04. The fourth-order valence-corrected chi connectivity index (χ4v) is 1.35. The molecule has 82 valence electrons. The number of anilines is 3. The van der Waals surface area contributed by atoms with Gasteiger partial charge >= 0.3 is 0 Å². The molecule has 0 aliphatic heterocycles. The van der Waals surface area contributed by atoms with Crippen molar-refractivity contribution in [3.05, 3.63) is 42.5 Å². The molecule has 0 atom stereocenters. The second-order valence-electron chi connectivity index (χ2n) is 3.44. The minimum atomic E-state index is 0.489. The van der Waals surface area contributed by atoms with Crippen LogP contribution in [0.5, 0.6) is 11.5 Å². The first-order chi connectivity index (χ1) is 7.66. The first kappa shape index (κ1) is 10.2. The van der Waals surface area contributed by atoms with Crippen LogP contribution in [0.15, 0.2) is 42.5 Å². The van der Waals surface area contributed by atoms with Crippen molar-refractivity contribution in [3.63, 3.8) is 0 Å². The van der Waals surface area contributed by atoms with Crippen LogP contribution in [0.4, 0.5) is 17.1 Å². The predicted octanol–water partition coefficient (Wildman–Crippen LogP) is 2.23. The fourth-order valence-electron chi connectivity index (χ4n) is 1.35. The van der Waals surface area contributed by atoms with Gasteiger partial charge in [0.2, 0.25) is 0 Å². The normalized spacial score (nSPS) is 10.0. The third-order valence-electron chi connectivity index (χ3n) is 2.17. The summed E-state index contributed by atoms with van der Waals surface area (Å²) in [6.45, 7) is 0. The van der Waals surface area contributed by atoms with Gasteiger partial charge in [-0.05, 0) is 30.3 Å². The van der Waals surface area contributed by atoms with Gasteiger partial charge in [-0.1, -0.05) is 12.1 Å². The smallest absolute Gasteiger partial charge is 0.150 e. The lowest BCUT2D eigenvalue weighted by atomic mass is 10.2. The molecule has 0 fully saturated rings. The molecule has 0 unspecified atom stereocenters. The summed E-state index contributed by atoms with van der Waals surface area (Å²) >= 11 is 0. The van der Waals surface area contributed by atoms with Gasteiger partial charge in [0.1, 0.15) is 5.75 Å². The third-order valence-corrected chi connectivity index (χ3v) is 2.17. The number of hydrogen-bond donors (Lipinski definition) is 3. The summed E-state index contributed by atoms with van der Waals surface area (Å²) in [6.07, 6.45) is 0. The average molecular weight is 215 g/mol. The lowest BCUT2D eigenvalue weighted by Crippen LogP contribution is -1.96. The largest absolute Gasteiger partial charge is 0.453 e. The van der Waals surface area contributed by atoms with Gasteiger partial charge in [-0.2, -0.15) is 0 Å². The van der Waals surface area contributed by atoms with E-state index in [9.17, 15) is 0 Å². The first-order valence-electron chi connectivity index (χ1n) is 4.84. The van der Waals surface area contributed by atoms with Crippen LogP contribution < -0.4 is 21.9 Å². The van der Waals surface area contributed by atoms with E-state index in [0.717, 1.165) is 0 Å². The lowest BCUT2D eigenvalue weighted by molar-refractivity contribution is 0.487. The number of nitrogens with two attached hydrogens (primary N) is 3. The molecule has 4 nitrogen and oxygen atoms in total. The Labute approximate surface area is 93.6 Å². The van der Waals surface area contributed by atoms with E-state index in [2.05, 4.69) is 0 Å².